The van der Waals surface area contributed by atoms with Gasteiger partial charge in [-0.15, -0.1) is 0 Å². The second kappa shape index (κ2) is 7.91. The van der Waals surface area contributed by atoms with Crippen molar-refractivity contribution < 1.29 is 22.4 Å². The average molecular weight is 423 g/mol. The molecule has 0 atom stereocenters. The summed E-state index contributed by atoms with van der Waals surface area (Å²) >= 11 is 5.60. The Morgan fingerprint density at radius 3 is 2.48 bits per heavy atom. The van der Waals surface area contributed by atoms with Gasteiger partial charge in [-0.25, -0.2) is 4.98 Å². The standard InChI is InChI=1S/C21H18ClF3N2O2/c1-20(2,17-11-29-19(27-17)13-6-4-3-5-7-13)12-26-18(28)14-8-9-16(22)15(10-14)21(23,24)25/h3-11H,12H2,1-2H3,(H,26,28). The fourth-order valence-electron chi connectivity index (χ4n) is 2.68. The number of carbonyl (C=O) groups is 1. The van der Waals surface area contributed by atoms with Gasteiger partial charge in [-0.05, 0) is 30.3 Å². The molecule has 0 aliphatic heterocycles. The van der Waals surface area contributed by atoms with Crippen LogP contribution in [-0.2, 0) is 11.6 Å². The highest BCUT2D eigenvalue weighted by Crippen LogP contribution is 2.35. The number of carbonyl (C=O) groups excluding carboxylic acids is 1. The number of nitrogens with zero attached hydrogens (tertiary/aromatic N) is 1. The Kier molecular flexibility index (Phi) is 5.71. The van der Waals surface area contributed by atoms with Crippen molar-refractivity contribution in [3.63, 3.8) is 0 Å². The first-order chi connectivity index (χ1) is 13.6. The van der Waals surface area contributed by atoms with E-state index in [0.717, 1.165) is 17.7 Å². The molecule has 1 N–H and O–H groups in total. The lowest BCUT2D eigenvalue weighted by Gasteiger charge is -2.22. The summed E-state index contributed by atoms with van der Waals surface area (Å²) in [6.07, 6.45) is -3.13. The topological polar surface area (TPSA) is 55.1 Å². The summed E-state index contributed by atoms with van der Waals surface area (Å²) in [5.41, 5.74) is -0.341. The van der Waals surface area contributed by atoms with Crippen LogP contribution in [0.15, 0.2) is 59.2 Å². The van der Waals surface area contributed by atoms with E-state index in [1.54, 1.807) is 0 Å². The molecule has 1 heterocycles. The van der Waals surface area contributed by atoms with E-state index in [2.05, 4.69) is 10.3 Å². The molecule has 152 valence electrons. The van der Waals surface area contributed by atoms with Gasteiger partial charge in [-0.3, -0.25) is 4.79 Å². The number of rotatable bonds is 5. The van der Waals surface area contributed by atoms with E-state index >= 15 is 0 Å². The number of benzene rings is 2. The van der Waals surface area contributed by atoms with Crippen molar-refractivity contribution in [2.75, 3.05) is 6.54 Å². The van der Waals surface area contributed by atoms with Crippen molar-refractivity contribution in [3.8, 4) is 11.5 Å². The van der Waals surface area contributed by atoms with Crippen LogP contribution in [-0.4, -0.2) is 17.4 Å². The molecule has 3 aromatic rings. The van der Waals surface area contributed by atoms with E-state index < -0.39 is 28.1 Å². The second-order valence-corrected chi connectivity index (χ2v) is 7.57. The lowest BCUT2D eigenvalue weighted by atomic mass is 9.90. The van der Waals surface area contributed by atoms with Gasteiger partial charge in [0.2, 0.25) is 5.89 Å². The van der Waals surface area contributed by atoms with E-state index in [1.165, 1.54) is 12.3 Å². The van der Waals surface area contributed by atoms with Gasteiger partial charge in [0.25, 0.3) is 5.91 Å². The minimum absolute atomic E-state index is 0.123. The zero-order valence-electron chi connectivity index (χ0n) is 15.7. The Hall–Kier alpha value is -2.80. The molecular weight excluding hydrogens is 405 g/mol. The van der Waals surface area contributed by atoms with E-state index in [-0.39, 0.29) is 12.1 Å². The normalized spacial score (nSPS) is 12.1. The summed E-state index contributed by atoms with van der Waals surface area (Å²) in [5.74, 6) is -0.181. The van der Waals surface area contributed by atoms with Gasteiger partial charge in [0.15, 0.2) is 0 Å². The predicted molar refractivity (Wildman–Crippen MR) is 104 cm³/mol. The van der Waals surface area contributed by atoms with Gasteiger partial charge < -0.3 is 9.73 Å². The fourth-order valence-corrected chi connectivity index (χ4v) is 2.90. The van der Waals surface area contributed by atoms with Gasteiger partial charge in [0, 0.05) is 23.1 Å². The number of oxazole rings is 1. The van der Waals surface area contributed by atoms with E-state index in [9.17, 15) is 18.0 Å². The Balaban J connectivity index is 1.72. The van der Waals surface area contributed by atoms with Gasteiger partial charge in [-0.2, -0.15) is 13.2 Å². The van der Waals surface area contributed by atoms with Crippen LogP contribution >= 0.6 is 11.6 Å². The van der Waals surface area contributed by atoms with Crippen molar-refractivity contribution >= 4 is 17.5 Å². The number of alkyl halides is 3. The molecule has 1 aromatic heterocycles. The van der Waals surface area contributed by atoms with E-state index in [0.29, 0.717) is 11.6 Å². The summed E-state index contributed by atoms with van der Waals surface area (Å²) in [6.45, 7) is 3.85. The summed E-state index contributed by atoms with van der Waals surface area (Å²) in [6, 6.07) is 12.4. The first-order valence-electron chi connectivity index (χ1n) is 8.74. The van der Waals surface area contributed by atoms with Crippen molar-refractivity contribution in [1.29, 1.82) is 0 Å². The number of amides is 1. The first-order valence-corrected chi connectivity index (χ1v) is 9.12. The monoisotopic (exact) mass is 422 g/mol. The highest BCUT2D eigenvalue weighted by Gasteiger charge is 2.34. The smallest absolute Gasteiger partial charge is 0.417 e. The minimum Gasteiger partial charge on any atom is -0.444 e. The number of aromatic nitrogens is 1. The molecule has 0 aliphatic rings. The number of hydrogen-bond acceptors (Lipinski definition) is 3. The SMILES string of the molecule is CC(C)(CNC(=O)c1ccc(Cl)c(C(F)(F)F)c1)c1coc(-c2ccccc2)n1. The molecule has 0 radical (unpaired) electrons. The Morgan fingerprint density at radius 1 is 1.14 bits per heavy atom. The Morgan fingerprint density at radius 2 is 1.83 bits per heavy atom. The molecule has 0 saturated carbocycles. The third-order valence-corrected chi connectivity index (χ3v) is 4.77. The van der Waals surface area contributed by atoms with Crippen LogP contribution in [0.1, 0.15) is 35.5 Å². The highest BCUT2D eigenvalue weighted by atomic mass is 35.5. The molecule has 0 aliphatic carbocycles. The molecule has 29 heavy (non-hydrogen) atoms. The van der Waals surface area contributed by atoms with E-state index in [1.807, 2.05) is 44.2 Å². The van der Waals surface area contributed by atoms with Crippen molar-refractivity contribution in [2.45, 2.75) is 25.4 Å². The van der Waals surface area contributed by atoms with Crippen LogP contribution < -0.4 is 5.32 Å². The average Bonchev–Trinajstić information content (AvgIpc) is 3.17. The molecule has 8 heteroatoms. The van der Waals surface area contributed by atoms with Gasteiger partial charge in [-0.1, -0.05) is 43.6 Å². The van der Waals surface area contributed by atoms with Crippen molar-refractivity contribution in [1.82, 2.24) is 10.3 Å². The molecule has 0 fully saturated rings. The molecule has 2 aromatic carbocycles. The number of halogens is 4. The maximum Gasteiger partial charge on any atom is 0.417 e. The first kappa shape index (κ1) is 20.9. The van der Waals surface area contributed by atoms with Gasteiger partial charge in [0.05, 0.1) is 16.3 Å². The van der Waals surface area contributed by atoms with Crippen molar-refractivity contribution in [2.24, 2.45) is 0 Å². The third-order valence-electron chi connectivity index (χ3n) is 4.44. The zero-order valence-corrected chi connectivity index (χ0v) is 16.4. The molecule has 0 bridgehead atoms. The second-order valence-electron chi connectivity index (χ2n) is 7.16. The minimum atomic E-state index is -4.64. The highest BCUT2D eigenvalue weighted by molar-refractivity contribution is 6.31. The molecule has 3 rings (SSSR count). The van der Waals surface area contributed by atoms with Gasteiger partial charge >= 0.3 is 6.18 Å². The molecule has 1 amide bonds. The lowest BCUT2D eigenvalue weighted by Crippen LogP contribution is -2.37. The molecule has 0 unspecified atom stereocenters. The molecule has 0 saturated heterocycles. The van der Waals surface area contributed by atoms with Crippen LogP contribution in [0, 0.1) is 0 Å². The predicted octanol–water partition coefficient (Wildman–Crippen LogP) is 5.72. The Labute approximate surface area is 170 Å². The van der Waals surface area contributed by atoms with Crippen LogP contribution in [0.3, 0.4) is 0 Å². The molecule has 4 nitrogen and oxygen atoms in total. The number of nitrogens with one attached hydrogen (secondary N) is 1. The Bertz CT molecular complexity index is 1010. The molecular formula is C21H18ClF3N2O2. The maximum atomic E-state index is 13.0. The summed E-state index contributed by atoms with van der Waals surface area (Å²) < 4.78 is 44.5. The van der Waals surface area contributed by atoms with Crippen LogP contribution in [0.25, 0.3) is 11.5 Å². The van der Waals surface area contributed by atoms with Crippen LogP contribution in [0.2, 0.25) is 5.02 Å². The summed E-state index contributed by atoms with van der Waals surface area (Å²) in [7, 11) is 0. The van der Waals surface area contributed by atoms with Crippen molar-refractivity contribution in [3.05, 3.63) is 76.6 Å². The lowest BCUT2D eigenvalue weighted by molar-refractivity contribution is -0.137. The summed E-state index contributed by atoms with van der Waals surface area (Å²) in [4.78, 5) is 16.9. The zero-order chi connectivity index (χ0) is 21.2. The summed E-state index contributed by atoms with van der Waals surface area (Å²) in [5, 5.41) is 2.20. The fraction of sp³-hybridized carbons (Fsp3) is 0.238. The largest absolute Gasteiger partial charge is 0.444 e. The number of hydrogen-bond donors (Lipinski definition) is 1. The van der Waals surface area contributed by atoms with E-state index in [4.69, 9.17) is 16.0 Å². The van der Waals surface area contributed by atoms with Gasteiger partial charge in [0.1, 0.15) is 6.26 Å². The molecule has 0 spiro atoms. The van der Waals surface area contributed by atoms with Crippen LogP contribution in [0.5, 0.6) is 0 Å². The quantitative estimate of drug-likeness (QED) is 0.572. The third kappa shape index (κ3) is 4.79. The van der Waals surface area contributed by atoms with Crippen LogP contribution in [0.4, 0.5) is 13.2 Å². The maximum absolute atomic E-state index is 13.0.